The maximum atomic E-state index is 4.61. The van der Waals surface area contributed by atoms with Gasteiger partial charge in [0.15, 0.2) is 11.5 Å². The number of fused-ring (bicyclic) bond motifs is 1. The van der Waals surface area contributed by atoms with Gasteiger partial charge >= 0.3 is 0 Å². The standard InChI is InChI=1S/C19H19N7S/c1-2-17(21-9-14(1)11-25-5-7-27-8-6-25)26-12-15(10-24-26)16-3-4-20-19-18(16)22-13-23-19/h1-4,9-10,12-13H,5-8,11H2,(H,20,22,23). The van der Waals surface area contributed by atoms with Gasteiger partial charge in [0.1, 0.15) is 5.52 Å². The molecular formula is C19H19N7S. The van der Waals surface area contributed by atoms with Crippen LogP contribution in [0.3, 0.4) is 0 Å². The van der Waals surface area contributed by atoms with E-state index in [2.05, 4.69) is 36.0 Å². The third kappa shape index (κ3) is 3.33. The second-order valence-corrected chi connectivity index (χ2v) is 7.77. The lowest BCUT2D eigenvalue weighted by atomic mass is 10.1. The first-order valence-corrected chi connectivity index (χ1v) is 10.1. The van der Waals surface area contributed by atoms with Crippen molar-refractivity contribution in [1.82, 2.24) is 34.6 Å². The van der Waals surface area contributed by atoms with Crippen molar-refractivity contribution < 1.29 is 0 Å². The summed E-state index contributed by atoms with van der Waals surface area (Å²) >= 11 is 2.03. The van der Waals surface area contributed by atoms with Crippen molar-refractivity contribution in [3.63, 3.8) is 0 Å². The predicted octanol–water partition coefficient (Wildman–Crippen LogP) is 2.75. The number of pyridine rings is 2. The van der Waals surface area contributed by atoms with Crippen LogP contribution in [0.2, 0.25) is 0 Å². The Balaban J connectivity index is 1.37. The Morgan fingerprint density at radius 1 is 1.04 bits per heavy atom. The van der Waals surface area contributed by atoms with Gasteiger partial charge in [-0.25, -0.2) is 19.6 Å². The molecule has 4 aromatic rings. The van der Waals surface area contributed by atoms with E-state index in [1.165, 1.54) is 17.1 Å². The van der Waals surface area contributed by atoms with Gasteiger partial charge in [0.25, 0.3) is 0 Å². The summed E-state index contributed by atoms with van der Waals surface area (Å²) in [5.41, 5.74) is 4.86. The number of H-pyrrole nitrogens is 1. The first-order valence-electron chi connectivity index (χ1n) is 8.95. The smallest absolute Gasteiger partial charge is 0.157 e. The molecule has 0 atom stereocenters. The molecule has 1 saturated heterocycles. The molecule has 5 rings (SSSR count). The van der Waals surface area contributed by atoms with Crippen molar-refractivity contribution in [3.8, 4) is 16.9 Å². The highest BCUT2D eigenvalue weighted by Gasteiger charge is 2.12. The molecule has 136 valence electrons. The zero-order chi connectivity index (χ0) is 18.1. The fourth-order valence-electron chi connectivity index (χ4n) is 3.33. The van der Waals surface area contributed by atoms with Crippen molar-refractivity contribution in [3.05, 3.63) is 54.9 Å². The van der Waals surface area contributed by atoms with Gasteiger partial charge in [-0.1, -0.05) is 6.07 Å². The van der Waals surface area contributed by atoms with Gasteiger partial charge in [-0.05, 0) is 17.7 Å². The molecule has 0 unspecified atom stereocenters. The molecule has 0 bridgehead atoms. The van der Waals surface area contributed by atoms with E-state index in [9.17, 15) is 0 Å². The third-order valence-corrected chi connectivity index (χ3v) is 5.71. The number of aromatic amines is 1. The monoisotopic (exact) mass is 377 g/mol. The molecule has 0 spiro atoms. The summed E-state index contributed by atoms with van der Waals surface area (Å²) in [7, 11) is 0. The second-order valence-electron chi connectivity index (χ2n) is 6.55. The Morgan fingerprint density at radius 3 is 2.81 bits per heavy atom. The summed E-state index contributed by atoms with van der Waals surface area (Å²) in [5.74, 6) is 3.26. The van der Waals surface area contributed by atoms with Crippen LogP contribution in [0.25, 0.3) is 28.1 Å². The predicted molar refractivity (Wildman–Crippen MR) is 107 cm³/mol. The molecular weight excluding hydrogens is 358 g/mol. The highest BCUT2D eigenvalue weighted by molar-refractivity contribution is 7.99. The Labute approximate surface area is 160 Å². The van der Waals surface area contributed by atoms with Crippen molar-refractivity contribution >= 4 is 22.9 Å². The lowest BCUT2D eigenvalue weighted by Gasteiger charge is -2.25. The maximum Gasteiger partial charge on any atom is 0.157 e. The van der Waals surface area contributed by atoms with Crippen LogP contribution in [0.15, 0.2) is 49.3 Å². The van der Waals surface area contributed by atoms with Crippen LogP contribution in [-0.4, -0.2) is 59.2 Å². The minimum Gasteiger partial charge on any atom is -0.329 e. The van der Waals surface area contributed by atoms with Crippen molar-refractivity contribution in [1.29, 1.82) is 0 Å². The second kappa shape index (κ2) is 7.13. The summed E-state index contributed by atoms with van der Waals surface area (Å²) in [4.78, 5) is 18.8. The molecule has 5 heterocycles. The number of rotatable bonds is 4. The lowest BCUT2D eigenvalue weighted by Crippen LogP contribution is -2.31. The van der Waals surface area contributed by atoms with Gasteiger partial charge in [-0.15, -0.1) is 0 Å². The highest BCUT2D eigenvalue weighted by atomic mass is 32.2. The summed E-state index contributed by atoms with van der Waals surface area (Å²) in [6.45, 7) is 3.28. The molecule has 7 nitrogen and oxygen atoms in total. The van der Waals surface area contributed by atoms with Crippen LogP contribution >= 0.6 is 11.8 Å². The van der Waals surface area contributed by atoms with Gasteiger partial charge in [0.2, 0.25) is 0 Å². The van der Waals surface area contributed by atoms with E-state index in [0.717, 1.165) is 47.7 Å². The fraction of sp³-hybridized carbons (Fsp3) is 0.263. The number of nitrogens with zero attached hydrogens (tertiary/aromatic N) is 6. The van der Waals surface area contributed by atoms with Crippen LogP contribution in [-0.2, 0) is 6.54 Å². The van der Waals surface area contributed by atoms with Crippen LogP contribution in [0, 0.1) is 0 Å². The third-order valence-electron chi connectivity index (χ3n) is 4.77. The van der Waals surface area contributed by atoms with E-state index in [4.69, 9.17) is 0 Å². The maximum absolute atomic E-state index is 4.61. The molecule has 8 heteroatoms. The average Bonchev–Trinajstić information content (AvgIpc) is 3.39. The van der Waals surface area contributed by atoms with E-state index < -0.39 is 0 Å². The molecule has 1 aliphatic heterocycles. The molecule has 0 saturated carbocycles. The Morgan fingerprint density at radius 2 is 1.96 bits per heavy atom. The number of aromatic nitrogens is 6. The van der Waals surface area contributed by atoms with E-state index >= 15 is 0 Å². The summed E-state index contributed by atoms with van der Waals surface area (Å²) < 4.78 is 1.80. The van der Waals surface area contributed by atoms with Crippen molar-refractivity contribution in [2.75, 3.05) is 24.6 Å². The zero-order valence-corrected chi connectivity index (χ0v) is 15.6. The minimum atomic E-state index is 0.777. The number of thioether (sulfide) groups is 1. The quantitative estimate of drug-likeness (QED) is 0.589. The van der Waals surface area contributed by atoms with Gasteiger partial charge in [-0.3, -0.25) is 4.90 Å². The largest absolute Gasteiger partial charge is 0.329 e. The van der Waals surface area contributed by atoms with E-state index in [0.29, 0.717) is 0 Å². The minimum absolute atomic E-state index is 0.777. The molecule has 0 aliphatic carbocycles. The van der Waals surface area contributed by atoms with Crippen LogP contribution in [0.1, 0.15) is 5.56 Å². The Kier molecular flexibility index (Phi) is 4.35. The lowest BCUT2D eigenvalue weighted by molar-refractivity contribution is 0.294. The molecule has 1 aliphatic rings. The Bertz CT molecular complexity index is 1050. The molecule has 0 radical (unpaired) electrons. The zero-order valence-electron chi connectivity index (χ0n) is 14.7. The van der Waals surface area contributed by atoms with Gasteiger partial charge in [0, 0.05) is 60.9 Å². The van der Waals surface area contributed by atoms with Gasteiger partial charge in [0.05, 0.1) is 12.5 Å². The van der Waals surface area contributed by atoms with Crippen LogP contribution in [0.5, 0.6) is 0 Å². The summed E-state index contributed by atoms with van der Waals surface area (Å²) in [6, 6.07) is 6.13. The first-order chi connectivity index (χ1) is 13.4. The summed E-state index contributed by atoms with van der Waals surface area (Å²) in [6.07, 6.45) is 9.21. The van der Waals surface area contributed by atoms with E-state index in [1.54, 1.807) is 17.2 Å². The molecule has 27 heavy (non-hydrogen) atoms. The van der Waals surface area contributed by atoms with Crippen molar-refractivity contribution in [2.24, 2.45) is 0 Å². The molecule has 0 aromatic carbocycles. The molecule has 4 aromatic heterocycles. The first kappa shape index (κ1) is 16.5. The summed E-state index contributed by atoms with van der Waals surface area (Å²) in [5, 5.41) is 4.48. The van der Waals surface area contributed by atoms with Crippen LogP contribution < -0.4 is 0 Å². The van der Waals surface area contributed by atoms with Crippen molar-refractivity contribution in [2.45, 2.75) is 6.54 Å². The number of hydrogen-bond acceptors (Lipinski definition) is 6. The fourth-order valence-corrected chi connectivity index (χ4v) is 4.31. The molecule has 1 N–H and O–H groups in total. The van der Waals surface area contributed by atoms with Gasteiger partial charge in [-0.2, -0.15) is 16.9 Å². The number of hydrogen-bond donors (Lipinski definition) is 1. The Hall–Kier alpha value is -2.71. The average molecular weight is 377 g/mol. The number of nitrogens with one attached hydrogen (secondary N) is 1. The van der Waals surface area contributed by atoms with E-state index in [-0.39, 0.29) is 0 Å². The SMILES string of the molecule is c1cc(-c2cnn(-c3ccc(CN4CCSCC4)cn3)c2)c2nc[nH]c2n1. The van der Waals surface area contributed by atoms with Gasteiger partial charge < -0.3 is 4.98 Å². The van der Waals surface area contributed by atoms with Crippen LogP contribution in [0.4, 0.5) is 0 Å². The molecule has 0 amide bonds. The highest BCUT2D eigenvalue weighted by Crippen LogP contribution is 2.25. The topological polar surface area (TPSA) is 75.5 Å². The molecule has 1 fully saturated rings. The normalized spacial score (nSPS) is 15.4. The number of imidazole rings is 1. The van der Waals surface area contributed by atoms with E-state index in [1.807, 2.05) is 42.5 Å².